The molecule has 178 valence electrons. The zero-order valence-electron chi connectivity index (χ0n) is 19.4. The van der Waals surface area contributed by atoms with Gasteiger partial charge >= 0.3 is 18.2 Å². The minimum atomic E-state index is -1.13. The summed E-state index contributed by atoms with van der Waals surface area (Å²) in [5.41, 5.74) is -2.66. The quantitative estimate of drug-likeness (QED) is 0.348. The second kappa shape index (κ2) is 10.3. The number of rotatable bonds is 7. The maximum absolute atomic E-state index is 12.9. The summed E-state index contributed by atoms with van der Waals surface area (Å²) in [7, 11) is 0. The second-order valence-corrected chi connectivity index (χ2v) is 9.01. The third-order valence-electron chi connectivity index (χ3n) is 3.63. The number of anilines is 1. The van der Waals surface area contributed by atoms with Crippen molar-refractivity contribution >= 4 is 29.5 Å². The maximum Gasteiger partial charge on any atom is 0.424 e. The number of carbonyl (C=O) groups excluding carboxylic acids is 2. The van der Waals surface area contributed by atoms with Gasteiger partial charge in [-0.15, -0.1) is 0 Å². The summed E-state index contributed by atoms with van der Waals surface area (Å²) in [6.07, 6.45) is -2.18. The zero-order chi connectivity index (χ0) is 24.9. The average molecular weight is 454 g/mol. The van der Waals surface area contributed by atoms with Gasteiger partial charge in [0.2, 0.25) is 0 Å². The van der Waals surface area contributed by atoms with Gasteiger partial charge in [0.1, 0.15) is 22.6 Å². The number of nitro benzene ring substituents is 1. The topological polar surface area (TPSA) is 146 Å². The van der Waals surface area contributed by atoms with Gasteiger partial charge in [0.05, 0.1) is 17.6 Å². The number of nitro groups is 1. The summed E-state index contributed by atoms with van der Waals surface area (Å²) in [6, 6.07) is 2.47. The van der Waals surface area contributed by atoms with Crippen LogP contribution >= 0.6 is 0 Å². The standard InChI is InChI=1S/C21H30N2O9/c1-13-11-14(30-10-8-9-16(24)25)12-15(23(28)29)17(13)22(18(26)31-20(2,3)4)19(27)32-21(5,6)7/h11-12H,8-10H2,1-7H3,(H,24,25). The summed E-state index contributed by atoms with van der Waals surface area (Å²) in [5, 5.41) is 20.5. The summed E-state index contributed by atoms with van der Waals surface area (Å²) < 4.78 is 16.0. The Labute approximate surface area is 186 Å². The highest BCUT2D eigenvalue weighted by Gasteiger charge is 2.38. The lowest BCUT2D eigenvalue weighted by molar-refractivity contribution is -0.384. The van der Waals surface area contributed by atoms with Crippen molar-refractivity contribution in [3.8, 4) is 5.75 Å². The second-order valence-electron chi connectivity index (χ2n) is 9.01. The van der Waals surface area contributed by atoms with Crippen LogP contribution in [0.15, 0.2) is 12.1 Å². The molecule has 0 saturated carbocycles. The van der Waals surface area contributed by atoms with E-state index in [1.54, 1.807) is 41.5 Å². The Morgan fingerprint density at radius 2 is 1.53 bits per heavy atom. The fraction of sp³-hybridized carbons (Fsp3) is 0.571. The summed E-state index contributed by atoms with van der Waals surface area (Å²) in [4.78, 5) is 47.9. The Bertz CT molecular complexity index is 854. The molecule has 0 heterocycles. The molecule has 1 rings (SSSR count). The minimum Gasteiger partial charge on any atom is -0.493 e. The highest BCUT2D eigenvalue weighted by molar-refractivity contribution is 6.11. The van der Waals surface area contributed by atoms with E-state index in [0.29, 0.717) is 4.90 Å². The summed E-state index contributed by atoms with van der Waals surface area (Å²) in [6.45, 7) is 11.0. The van der Waals surface area contributed by atoms with Crippen molar-refractivity contribution in [3.05, 3.63) is 27.8 Å². The highest BCUT2D eigenvalue weighted by Crippen LogP contribution is 2.37. The predicted octanol–water partition coefficient (Wildman–Crippen LogP) is 4.82. The minimum absolute atomic E-state index is 0.0179. The van der Waals surface area contributed by atoms with Gasteiger partial charge in [0, 0.05) is 6.42 Å². The molecule has 0 aliphatic heterocycles. The molecule has 0 unspecified atom stereocenters. The fourth-order valence-corrected chi connectivity index (χ4v) is 2.53. The molecule has 0 bridgehead atoms. The molecule has 11 nitrogen and oxygen atoms in total. The first-order chi connectivity index (χ1) is 14.5. The van der Waals surface area contributed by atoms with Crippen LogP contribution in [-0.4, -0.2) is 46.0 Å². The average Bonchev–Trinajstić information content (AvgIpc) is 2.56. The number of aryl methyl sites for hydroxylation is 1. The summed E-state index contributed by atoms with van der Waals surface area (Å²) >= 11 is 0. The Hall–Kier alpha value is -3.37. The molecule has 11 heteroatoms. The van der Waals surface area contributed by atoms with Gasteiger partial charge in [-0.3, -0.25) is 14.9 Å². The van der Waals surface area contributed by atoms with Crippen LogP contribution in [0.25, 0.3) is 0 Å². The van der Waals surface area contributed by atoms with Crippen molar-refractivity contribution in [2.75, 3.05) is 11.5 Å². The first-order valence-corrected chi connectivity index (χ1v) is 9.91. The molecule has 1 N–H and O–H groups in total. The smallest absolute Gasteiger partial charge is 0.424 e. The van der Waals surface area contributed by atoms with E-state index in [9.17, 15) is 24.5 Å². The van der Waals surface area contributed by atoms with Crippen LogP contribution < -0.4 is 9.64 Å². The first kappa shape index (κ1) is 26.7. The molecular weight excluding hydrogens is 424 g/mol. The zero-order valence-corrected chi connectivity index (χ0v) is 19.4. The lowest BCUT2D eigenvalue weighted by atomic mass is 10.1. The van der Waals surface area contributed by atoms with Crippen molar-refractivity contribution in [2.24, 2.45) is 0 Å². The van der Waals surface area contributed by atoms with Gasteiger partial charge in [-0.05, 0) is 66.5 Å². The van der Waals surface area contributed by atoms with Gasteiger partial charge in [-0.1, -0.05) is 0 Å². The number of hydrogen-bond donors (Lipinski definition) is 1. The molecule has 0 aliphatic rings. The van der Waals surface area contributed by atoms with Gasteiger partial charge in [0.15, 0.2) is 0 Å². The van der Waals surface area contributed by atoms with E-state index < -0.39 is 40.0 Å². The van der Waals surface area contributed by atoms with Crippen LogP contribution in [0.4, 0.5) is 21.0 Å². The SMILES string of the molecule is Cc1cc(OCCCC(=O)O)cc([N+](=O)[O-])c1N(C(=O)OC(C)(C)C)C(=O)OC(C)(C)C. The molecular formula is C21H30N2O9. The van der Waals surface area contributed by atoms with Crippen LogP contribution in [0.1, 0.15) is 59.9 Å². The van der Waals surface area contributed by atoms with E-state index in [2.05, 4.69) is 0 Å². The first-order valence-electron chi connectivity index (χ1n) is 9.91. The third kappa shape index (κ3) is 8.40. The monoisotopic (exact) mass is 454 g/mol. The normalized spacial score (nSPS) is 11.5. The molecule has 1 aromatic carbocycles. The number of amides is 2. The van der Waals surface area contributed by atoms with Crippen LogP contribution in [0.5, 0.6) is 5.75 Å². The molecule has 0 atom stereocenters. The number of nitrogens with zero attached hydrogens (tertiary/aromatic N) is 2. The number of benzene rings is 1. The van der Waals surface area contributed by atoms with Crippen LogP contribution in [0.3, 0.4) is 0 Å². The van der Waals surface area contributed by atoms with E-state index in [-0.39, 0.29) is 36.4 Å². The van der Waals surface area contributed by atoms with Gasteiger partial charge in [-0.25, -0.2) is 9.59 Å². The van der Waals surface area contributed by atoms with E-state index in [4.69, 9.17) is 19.3 Å². The number of carbonyl (C=O) groups is 3. The Balaban J connectivity index is 3.46. The van der Waals surface area contributed by atoms with Crippen molar-refractivity contribution < 1.29 is 38.6 Å². The van der Waals surface area contributed by atoms with Crippen molar-refractivity contribution in [1.82, 2.24) is 0 Å². The Morgan fingerprint density at radius 1 is 1.03 bits per heavy atom. The Morgan fingerprint density at radius 3 is 1.94 bits per heavy atom. The number of hydrogen-bond acceptors (Lipinski definition) is 8. The molecule has 1 aromatic rings. The van der Waals surface area contributed by atoms with Gasteiger partial charge in [-0.2, -0.15) is 4.90 Å². The van der Waals surface area contributed by atoms with Gasteiger partial charge < -0.3 is 19.3 Å². The van der Waals surface area contributed by atoms with Crippen LogP contribution in [-0.2, 0) is 14.3 Å². The molecule has 0 aliphatic carbocycles. The van der Waals surface area contributed by atoms with E-state index in [1.165, 1.54) is 13.0 Å². The molecule has 0 aromatic heterocycles. The summed E-state index contributed by atoms with van der Waals surface area (Å²) in [5.74, 6) is -0.895. The highest BCUT2D eigenvalue weighted by atomic mass is 16.6. The largest absolute Gasteiger partial charge is 0.493 e. The lowest BCUT2D eigenvalue weighted by Crippen LogP contribution is -2.44. The van der Waals surface area contributed by atoms with E-state index in [0.717, 1.165) is 6.07 Å². The van der Waals surface area contributed by atoms with E-state index in [1.807, 2.05) is 0 Å². The number of carboxylic acids is 1. The number of imide groups is 1. The number of ether oxygens (including phenoxy) is 3. The fourth-order valence-electron chi connectivity index (χ4n) is 2.53. The molecule has 0 spiro atoms. The van der Waals surface area contributed by atoms with Gasteiger partial charge in [0.25, 0.3) is 5.69 Å². The van der Waals surface area contributed by atoms with Crippen LogP contribution in [0.2, 0.25) is 0 Å². The predicted molar refractivity (Wildman–Crippen MR) is 115 cm³/mol. The van der Waals surface area contributed by atoms with E-state index >= 15 is 0 Å². The molecule has 0 saturated heterocycles. The van der Waals surface area contributed by atoms with Crippen molar-refractivity contribution in [2.45, 2.75) is 72.5 Å². The third-order valence-corrected chi connectivity index (χ3v) is 3.63. The van der Waals surface area contributed by atoms with Crippen molar-refractivity contribution in [3.63, 3.8) is 0 Å². The number of aliphatic carboxylic acids is 1. The van der Waals surface area contributed by atoms with Crippen molar-refractivity contribution in [1.29, 1.82) is 0 Å². The molecule has 0 fully saturated rings. The number of carboxylic acid groups (broad SMARTS) is 1. The lowest BCUT2D eigenvalue weighted by Gasteiger charge is -2.29. The maximum atomic E-state index is 12.9. The molecule has 2 amide bonds. The van der Waals surface area contributed by atoms with Crippen LogP contribution in [0, 0.1) is 17.0 Å². The molecule has 32 heavy (non-hydrogen) atoms. The Kier molecular flexibility index (Phi) is 8.58. The molecule has 0 radical (unpaired) electrons.